The van der Waals surface area contributed by atoms with Crippen LogP contribution in [0.5, 0.6) is 0 Å². The lowest BCUT2D eigenvalue weighted by Gasteiger charge is -2.35. The van der Waals surface area contributed by atoms with E-state index in [-0.39, 0.29) is 23.4 Å². The summed E-state index contributed by atoms with van der Waals surface area (Å²) in [5.41, 5.74) is 5.91. The van der Waals surface area contributed by atoms with E-state index in [0.717, 1.165) is 53.0 Å². The minimum atomic E-state index is -0.621. The molecule has 190 valence electrons. The van der Waals surface area contributed by atoms with Crippen molar-refractivity contribution < 1.29 is 14.0 Å². The molecule has 0 bridgehead atoms. The summed E-state index contributed by atoms with van der Waals surface area (Å²) in [6.45, 7) is 4.11. The van der Waals surface area contributed by atoms with Gasteiger partial charge in [-0.3, -0.25) is 14.5 Å². The zero-order valence-corrected chi connectivity index (χ0v) is 21.5. The Morgan fingerprint density at radius 1 is 0.973 bits per heavy atom. The summed E-state index contributed by atoms with van der Waals surface area (Å²) in [6, 6.07) is 21.7. The summed E-state index contributed by atoms with van der Waals surface area (Å²) in [6.07, 6.45) is 4.18. The minimum Gasteiger partial charge on any atom is -0.357 e. The number of carbonyl (C=O) groups excluding carboxylic acids is 2. The van der Waals surface area contributed by atoms with Gasteiger partial charge in [0.1, 0.15) is 5.82 Å². The van der Waals surface area contributed by atoms with Crippen molar-refractivity contribution >= 4 is 23.1 Å². The van der Waals surface area contributed by atoms with Crippen LogP contribution in [-0.2, 0) is 9.59 Å². The highest BCUT2D eigenvalue weighted by atomic mass is 19.1. The number of allylic oxidation sites excluding steroid dienone is 1. The molecule has 2 aliphatic rings. The number of benzene rings is 3. The van der Waals surface area contributed by atoms with Gasteiger partial charge in [0.15, 0.2) is 5.78 Å². The number of fused-ring (bicyclic) bond motifs is 1. The number of aryl methyl sites for hydroxylation is 1. The van der Waals surface area contributed by atoms with Crippen molar-refractivity contribution in [3.63, 3.8) is 0 Å². The van der Waals surface area contributed by atoms with Crippen molar-refractivity contribution in [2.24, 2.45) is 0 Å². The highest BCUT2D eigenvalue weighted by Crippen LogP contribution is 2.47. The van der Waals surface area contributed by atoms with Crippen LogP contribution in [0.25, 0.3) is 0 Å². The van der Waals surface area contributed by atoms with Crippen molar-refractivity contribution in [2.75, 3.05) is 10.2 Å². The van der Waals surface area contributed by atoms with Crippen LogP contribution in [0.3, 0.4) is 0 Å². The lowest BCUT2D eigenvalue weighted by Crippen LogP contribution is -2.38. The summed E-state index contributed by atoms with van der Waals surface area (Å²) < 4.78 is 14.0. The highest BCUT2D eigenvalue weighted by molar-refractivity contribution is 6.06. The van der Waals surface area contributed by atoms with Gasteiger partial charge in [0, 0.05) is 24.1 Å². The SMILES string of the molecule is CCCCCC(=O)N1c2cc(C)ccc2NC2=C(C(=O)C[C@@H](c3ccccc3)C2)[C@@H]1c1ccc(F)cc1. The molecule has 0 saturated heterocycles. The number of unbranched alkanes of at least 4 members (excludes halogenated alkanes) is 2. The Morgan fingerprint density at radius 3 is 2.46 bits per heavy atom. The molecule has 1 aliphatic heterocycles. The molecule has 2 atom stereocenters. The van der Waals surface area contributed by atoms with E-state index in [1.807, 2.05) is 43.3 Å². The third kappa shape index (κ3) is 5.08. The molecule has 0 aromatic heterocycles. The maximum absolute atomic E-state index is 14.0. The number of Topliss-reactive ketones (excluding diaryl/α,β-unsaturated/α-hetero) is 1. The molecular weight excluding hydrogens is 463 g/mol. The molecule has 0 spiro atoms. The van der Waals surface area contributed by atoms with Crippen molar-refractivity contribution in [3.05, 3.63) is 107 Å². The number of nitrogens with zero attached hydrogens (tertiary/aromatic N) is 1. The average molecular weight is 497 g/mol. The van der Waals surface area contributed by atoms with E-state index < -0.39 is 6.04 Å². The zero-order chi connectivity index (χ0) is 25.9. The molecule has 1 amide bonds. The number of rotatable bonds is 6. The normalized spacial score (nSPS) is 19.1. The standard InChI is InChI=1S/C32H33FN2O2/c1-3-4-6-11-30(37)35-28-18-21(2)12-17-26(28)34-27-19-24(22-9-7-5-8-10-22)20-29(36)31(27)32(35)23-13-15-25(33)16-14-23/h5,7-10,12-18,24,32,34H,3-4,6,11,19-20H2,1-2H3/t24-,32-/m0/s1. The fraction of sp³-hybridized carbons (Fsp3) is 0.312. The summed E-state index contributed by atoms with van der Waals surface area (Å²) in [5.74, 6) is -0.300. The van der Waals surface area contributed by atoms with Gasteiger partial charge >= 0.3 is 0 Å². The molecule has 3 aromatic rings. The molecule has 1 aliphatic carbocycles. The van der Waals surface area contributed by atoms with Crippen LogP contribution in [0.15, 0.2) is 84.1 Å². The Labute approximate surface area is 218 Å². The first-order chi connectivity index (χ1) is 18.0. The first-order valence-corrected chi connectivity index (χ1v) is 13.2. The summed E-state index contributed by atoms with van der Waals surface area (Å²) >= 11 is 0. The summed E-state index contributed by atoms with van der Waals surface area (Å²) in [4.78, 5) is 29.7. The maximum atomic E-state index is 14.0. The number of amides is 1. The topological polar surface area (TPSA) is 49.4 Å². The van der Waals surface area contributed by atoms with Gasteiger partial charge in [-0.1, -0.05) is 68.3 Å². The lowest BCUT2D eigenvalue weighted by atomic mass is 9.78. The summed E-state index contributed by atoms with van der Waals surface area (Å²) in [5, 5.41) is 3.57. The smallest absolute Gasteiger partial charge is 0.227 e. The number of nitrogens with one attached hydrogen (secondary N) is 1. The molecule has 0 fully saturated rings. The lowest BCUT2D eigenvalue weighted by molar-refractivity contribution is -0.119. The monoisotopic (exact) mass is 496 g/mol. The van der Waals surface area contributed by atoms with Crippen LogP contribution in [0, 0.1) is 12.7 Å². The molecule has 37 heavy (non-hydrogen) atoms. The molecule has 5 heteroatoms. The Balaban J connectivity index is 1.68. The van der Waals surface area contributed by atoms with Crippen molar-refractivity contribution in [1.29, 1.82) is 0 Å². The van der Waals surface area contributed by atoms with E-state index in [4.69, 9.17) is 0 Å². The van der Waals surface area contributed by atoms with Gasteiger partial charge in [-0.2, -0.15) is 0 Å². The molecular formula is C32H33FN2O2. The fourth-order valence-corrected chi connectivity index (χ4v) is 5.59. The van der Waals surface area contributed by atoms with Gasteiger partial charge in [0.05, 0.1) is 17.4 Å². The second kappa shape index (κ2) is 10.7. The molecule has 0 unspecified atom stereocenters. The first kappa shape index (κ1) is 24.9. The molecule has 0 saturated carbocycles. The number of hydrogen-bond acceptors (Lipinski definition) is 3. The second-order valence-corrected chi connectivity index (χ2v) is 10.2. The molecule has 3 aromatic carbocycles. The Hall–Kier alpha value is -3.73. The van der Waals surface area contributed by atoms with Crippen LogP contribution >= 0.6 is 0 Å². The molecule has 0 radical (unpaired) electrons. The van der Waals surface area contributed by atoms with Crippen LogP contribution in [0.1, 0.15) is 74.1 Å². The number of hydrogen-bond donors (Lipinski definition) is 1. The quantitative estimate of drug-likeness (QED) is 0.357. The van der Waals surface area contributed by atoms with Gasteiger partial charge in [-0.15, -0.1) is 0 Å². The Morgan fingerprint density at radius 2 is 1.73 bits per heavy atom. The number of carbonyl (C=O) groups is 2. The fourth-order valence-electron chi connectivity index (χ4n) is 5.59. The number of ketones is 1. The zero-order valence-electron chi connectivity index (χ0n) is 21.5. The van der Waals surface area contributed by atoms with Crippen LogP contribution < -0.4 is 10.2 Å². The minimum absolute atomic E-state index is 0.0211. The van der Waals surface area contributed by atoms with E-state index in [2.05, 4.69) is 24.4 Å². The maximum Gasteiger partial charge on any atom is 0.227 e. The van der Waals surface area contributed by atoms with E-state index in [1.165, 1.54) is 12.1 Å². The Bertz CT molecular complexity index is 1330. The van der Waals surface area contributed by atoms with Gasteiger partial charge < -0.3 is 5.32 Å². The van der Waals surface area contributed by atoms with Crippen LogP contribution in [0.2, 0.25) is 0 Å². The predicted octanol–water partition coefficient (Wildman–Crippen LogP) is 7.62. The molecule has 1 N–H and O–H groups in total. The first-order valence-electron chi connectivity index (χ1n) is 13.2. The van der Waals surface area contributed by atoms with E-state index in [1.54, 1.807) is 17.0 Å². The second-order valence-electron chi connectivity index (χ2n) is 10.2. The van der Waals surface area contributed by atoms with Crippen molar-refractivity contribution in [2.45, 2.75) is 64.3 Å². The summed E-state index contributed by atoms with van der Waals surface area (Å²) in [7, 11) is 0. The van der Waals surface area contributed by atoms with Gasteiger partial charge in [0.25, 0.3) is 0 Å². The van der Waals surface area contributed by atoms with Crippen LogP contribution in [0.4, 0.5) is 15.8 Å². The number of anilines is 2. The van der Waals surface area contributed by atoms with Gasteiger partial charge in [-0.25, -0.2) is 4.39 Å². The largest absolute Gasteiger partial charge is 0.357 e. The molecule has 1 heterocycles. The van der Waals surface area contributed by atoms with E-state index in [0.29, 0.717) is 24.8 Å². The van der Waals surface area contributed by atoms with E-state index in [9.17, 15) is 14.0 Å². The van der Waals surface area contributed by atoms with Gasteiger partial charge in [-0.05, 0) is 66.6 Å². The third-order valence-corrected chi connectivity index (χ3v) is 7.46. The third-order valence-electron chi connectivity index (χ3n) is 7.46. The van der Waals surface area contributed by atoms with Crippen molar-refractivity contribution in [3.8, 4) is 0 Å². The Kier molecular flexibility index (Phi) is 7.22. The van der Waals surface area contributed by atoms with Gasteiger partial charge in [0.2, 0.25) is 5.91 Å². The van der Waals surface area contributed by atoms with Crippen LogP contribution in [-0.4, -0.2) is 11.7 Å². The highest BCUT2D eigenvalue weighted by Gasteiger charge is 2.41. The van der Waals surface area contributed by atoms with Crippen molar-refractivity contribution in [1.82, 2.24) is 0 Å². The molecule has 5 rings (SSSR count). The average Bonchev–Trinajstić information content (AvgIpc) is 3.04. The molecule has 4 nitrogen and oxygen atoms in total. The predicted molar refractivity (Wildman–Crippen MR) is 146 cm³/mol. The number of halogens is 1. The van der Waals surface area contributed by atoms with E-state index >= 15 is 0 Å².